The Labute approximate surface area is 117 Å². The average Bonchev–Trinajstić information content (AvgIpc) is 2.74. The van der Waals surface area contributed by atoms with Gasteiger partial charge in [0.15, 0.2) is 0 Å². The summed E-state index contributed by atoms with van der Waals surface area (Å²) in [7, 11) is 0. The number of hydrogen-bond donors (Lipinski definition) is 0. The van der Waals surface area contributed by atoms with Crippen LogP contribution < -0.4 is 0 Å². The minimum absolute atomic E-state index is 0.0539. The van der Waals surface area contributed by atoms with E-state index in [1.54, 1.807) is 0 Å². The van der Waals surface area contributed by atoms with Gasteiger partial charge in [0.1, 0.15) is 0 Å². The third kappa shape index (κ3) is 3.92. The molecule has 1 aromatic rings. The number of nitrogens with zero attached hydrogens (tertiary/aromatic N) is 3. The third-order valence-corrected chi connectivity index (χ3v) is 3.80. The maximum atomic E-state index is 12.4. The highest BCUT2D eigenvalue weighted by Crippen LogP contribution is 2.20. The summed E-state index contributed by atoms with van der Waals surface area (Å²) < 4.78 is 0.312. The van der Waals surface area contributed by atoms with E-state index in [-0.39, 0.29) is 11.9 Å². The molecule has 4 nitrogen and oxygen atoms in total. The number of aromatic nitrogens is 2. The molecule has 102 valence electrons. The van der Waals surface area contributed by atoms with Gasteiger partial charge in [-0.25, -0.2) is 0 Å². The van der Waals surface area contributed by atoms with E-state index in [0.29, 0.717) is 15.4 Å². The largest absolute Gasteiger partial charge is 0.333 e. The van der Waals surface area contributed by atoms with Gasteiger partial charge in [0, 0.05) is 12.6 Å². The van der Waals surface area contributed by atoms with Crippen molar-refractivity contribution in [3.63, 3.8) is 0 Å². The van der Waals surface area contributed by atoms with Gasteiger partial charge in [-0.2, -0.15) is 0 Å². The van der Waals surface area contributed by atoms with E-state index in [2.05, 4.69) is 37.9 Å². The minimum Gasteiger partial charge on any atom is -0.333 e. The van der Waals surface area contributed by atoms with E-state index in [4.69, 9.17) is 11.6 Å². The number of halogens is 1. The summed E-state index contributed by atoms with van der Waals surface area (Å²) >= 11 is 6.88. The first kappa shape index (κ1) is 15.4. The third-order valence-electron chi connectivity index (χ3n) is 2.79. The molecular weight excluding hydrogens is 270 g/mol. The summed E-state index contributed by atoms with van der Waals surface area (Å²) in [4.78, 5) is 14.3. The molecule has 0 aliphatic rings. The first-order chi connectivity index (χ1) is 8.49. The molecule has 0 unspecified atom stereocenters. The SMILES string of the molecule is CCC(CC)N(CC(C)C)C(=O)c1nnc(Cl)s1. The van der Waals surface area contributed by atoms with Crippen LogP contribution in [0.2, 0.25) is 4.47 Å². The Balaban J connectivity index is 2.91. The molecule has 18 heavy (non-hydrogen) atoms. The number of amides is 1. The molecule has 1 heterocycles. The molecule has 0 saturated carbocycles. The van der Waals surface area contributed by atoms with Gasteiger partial charge < -0.3 is 4.90 Å². The van der Waals surface area contributed by atoms with Crippen LogP contribution in [0, 0.1) is 5.92 Å². The van der Waals surface area contributed by atoms with Crippen LogP contribution in [0.3, 0.4) is 0 Å². The lowest BCUT2D eigenvalue weighted by molar-refractivity contribution is 0.0639. The highest BCUT2D eigenvalue weighted by Gasteiger charge is 2.25. The average molecular weight is 290 g/mol. The molecule has 0 radical (unpaired) electrons. The van der Waals surface area contributed by atoms with Crippen LogP contribution in [0.1, 0.15) is 50.3 Å². The standard InChI is InChI=1S/C12H20ClN3OS/c1-5-9(6-2)16(7-8(3)4)11(17)10-14-15-12(13)18-10/h8-9H,5-7H2,1-4H3. The van der Waals surface area contributed by atoms with Crippen molar-refractivity contribution in [1.29, 1.82) is 0 Å². The van der Waals surface area contributed by atoms with Crippen molar-refractivity contribution in [2.24, 2.45) is 5.92 Å². The van der Waals surface area contributed by atoms with Crippen molar-refractivity contribution in [2.45, 2.75) is 46.6 Å². The van der Waals surface area contributed by atoms with Crippen LogP contribution in [-0.2, 0) is 0 Å². The van der Waals surface area contributed by atoms with E-state index in [9.17, 15) is 4.79 Å². The maximum absolute atomic E-state index is 12.4. The lowest BCUT2D eigenvalue weighted by Crippen LogP contribution is -2.42. The second-order valence-electron chi connectivity index (χ2n) is 4.68. The molecule has 0 fully saturated rings. The lowest BCUT2D eigenvalue weighted by Gasteiger charge is -2.31. The Kier molecular flexibility index (Phi) is 6.02. The molecule has 0 aliphatic carbocycles. The van der Waals surface area contributed by atoms with Crippen LogP contribution >= 0.6 is 22.9 Å². The van der Waals surface area contributed by atoms with Gasteiger partial charge in [0.25, 0.3) is 5.91 Å². The Morgan fingerprint density at radius 3 is 2.33 bits per heavy atom. The zero-order valence-electron chi connectivity index (χ0n) is 11.3. The Bertz CT molecular complexity index is 390. The van der Waals surface area contributed by atoms with E-state index >= 15 is 0 Å². The predicted molar refractivity (Wildman–Crippen MR) is 75.2 cm³/mol. The van der Waals surface area contributed by atoms with E-state index in [0.717, 1.165) is 30.7 Å². The topological polar surface area (TPSA) is 46.1 Å². The molecule has 0 atom stereocenters. The van der Waals surface area contributed by atoms with Crippen LogP contribution in [0.25, 0.3) is 0 Å². The molecule has 0 bridgehead atoms. The minimum atomic E-state index is -0.0539. The van der Waals surface area contributed by atoms with Gasteiger partial charge in [0.2, 0.25) is 9.47 Å². The van der Waals surface area contributed by atoms with Crippen molar-refractivity contribution in [3.8, 4) is 0 Å². The molecular formula is C12H20ClN3OS. The van der Waals surface area contributed by atoms with Gasteiger partial charge in [-0.05, 0) is 30.4 Å². The maximum Gasteiger partial charge on any atom is 0.285 e. The van der Waals surface area contributed by atoms with Gasteiger partial charge in [-0.3, -0.25) is 4.79 Å². The van der Waals surface area contributed by atoms with Crippen molar-refractivity contribution in [2.75, 3.05) is 6.54 Å². The summed E-state index contributed by atoms with van der Waals surface area (Å²) in [6, 6.07) is 0.252. The van der Waals surface area contributed by atoms with Crippen molar-refractivity contribution in [1.82, 2.24) is 15.1 Å². The summed E-state index contributed by atoms with van der Waals surface area (Å²) in [5.41, 5.74) is 0. The monoisotopic (exact) mass is 289 g/mol. The van der Waals surface area contributed by atoms with E-state index < -0.39 is 0 Å². The number of carbonyl (C=O) groups is 1. The van der Waals surface area contributed by atoms with E-state index in [1.165, 1.54) is 0 Å². The number of carbonyl (C=O) groups excluding carboxylic acids is 1. The van der Waals surface area contributed by atoms with Gasteiger partial charge in [-0.1, -0.05) is 39.0 Å². The molecule has 1 amide bonds. The smallest absolute Gasteiger partial charge is 0.285 e. The van der Waals surface area contributed by atoms with Crippen molar-refractivity contribution < 1.29 is 4.79 Å². The summed E-state index contributed by atoms with van der Waals surface area (Å²) in [5, 5.41) is 7.92. The fourth-order valence-electron chi connectivity index (χ4n) is 1.94. The lowest BCUT2D eigenvalue weighted by atomic mass is 10.1. The van der Waals surface area contributed by atoms with Gasteiger partial charge in [-0.15, -0.1) is 10.2 Å². The molecule has 1 aromatic heterocycles. The summed E-state index contributed by atoms with van der Waals surface area (Å²) in [6.07, 6.45) is 1.89. The van der Waals surface area contributed by atoms with Crippen LogP contribution in [0.4, 0.5) is 0 Å². The fraction of sp³-hybridized carbons (Fsp3) is 0.750. The first-order valence-corrected chi connectivity index (χ1v) is 7.48. The normalized spacial score (nSPS) is 11.3. The molecule has 6 heteroatoms. The molecule has 0 saturated heterocycles. The molecule has 0 aromatic carbocycles. The molecule has 0 N–H and O–H groups in total. The second-order valence-corrected chi connectivity index (χ2v) is 6.24. The molecule has 1 rings (SSSR count). The molecule has 0 spiro atoms. The van der Waals surface area contributed by atoms with Crippen LogP contribution in [-0.4, -0.2) is 33.6 Å². The Morgan fingerprint density at radius 1 is 1.33 bits per heavy atom. The van der Waals surface area contributed by atoms with Gasteiger partial charge >= 0.3 is 0 Å². The van der Waals surface area contributed by atoms with Crippen LogP contribution in [0.15, 0.2) is 0 Å². The van der Waals surface area contributed by atoms with E-state index in [1.807, 2.05) is 4.90 Å². The Morgan fingerprint density at radius 2 is 1.94 bits per heavy atom. The zero-order chi connectivity index (χ0) is 13.7. The Hall–Kier alpha value is -0.680. The highest BCUT2D eigenvalue weighted by molar-refractivity contribution is 7.17. The fourth-order valence-corrected chi connectivity index (χ4v) is 2.72. The van der Waals surface area contributed by atoms with Gasteiger partial charge in [0.05, 0.1) is 0 Å². The molecule has 0 aliphatic heterocycles. The van der Waals surface area contributed by atoms with Crippen LogP contribution in [0.5, 0.6) is 0 Å². The quantitative estimate of drug-likeness (QED) is 0.805. The predicted octanol–water partition coefficient (Wildman–Crippen LogP) is 3.48. The second kappa shape index (κ2) is 7.04. The number of rotatable bonds is 6. The highest BCUT2D eigenvalue weighted by atomic mass is 35.5. The summed E-state index contributed by atoms with van der Waals surface area (Å²) in [6.45, 7) is 9.15. The number of hydrogen-bond acceptors (Lipinski definition) is 4. The summed E-state index contributed by atoms with van der Waals surface area (Å²) in [5.74, 6) is 0.375. The first-order valence-electron chi connectivity index (χ1n) is 6.29. The van der Waals surface area contributed by atoms with Crippen molar-refractivity contribution in [3.05, 3.63) is 9.47 Å². The zero-order valence-corrected chi connectivity index (χ0v) is 12.9. The van der Waals surface area contributed by atoms with Crippen molar-refractivity contribution >= 4 is 28.8 Å².